The van der Waals surface area contributed by atoms with Crippen LogP contribution in [0.5, 0.6) is 0 Å². The van der Waals surface area contributed by atoms with E-state index in [9.17, 15) is 14.4 Å². The number of carbonyl (C=O) groups excluding carboxylic acids is 2. The van der Waals surface area contributed by atoms with Gasteiger partial charge in [0.05, 0.1) is 11.3 Å². The lowest BCUT2D eigenvalue weighted by molar-refractivity contribution is -0.114. The molecule has 0 aliphatic rings. The summed E-state index contributed by atoms with van der Waals surface area (Å²) in [5.41, 5.74) is 1.33. The Hall–Kier alpha value is -3.00. The molecular formula is C18H14BrN3O4. The van der Waals surface area contributed by atoms with Gasteiger partial charge in [-0.25, -0.2) is 9.78 Å². The number of halogens is 1. The first-order chi connectivity index (χ1) is 12.4. The highest BCUT2D eigenvalue weighted by Crippen LogP contribution is 2.13. The number of carbonyl (C=O) groups is 2. The van der Waals surface area contributed by atoms with Gasteiger partial charge in [-0.2, -0.15) is 0 Å². The van der Waals surface area contributed by atoms with Crippen molar-refractivity contribution in [1.29, 1.82) is 0 Å². The molecule has 0 aliphatic heterocycles. The van der Waals surface area contributed by atoms with Gasteiger partial charge in [0.2, 0.25) is 5.91 Å². The molecule has 0 atom stereocenters. The highest BCUT2D eigenvalue weighted by atomic mass is 79.9. The van der Waals surface area contributed by atoms with Gasteiger partial charge in [0.15, 0.2) is 0 Å². The summed E-state index contributed by atoms with van der Waals surface area (Å²) in [4.78, 5) is 39.7. The molecular weight excluding hydrogens is 402 g/mol. The molecule has 1 N–H and O–H groups in total. The fourth-order valence-electron chi connectivity index (χ4n) is 2.35. The summed E-state index contributed by atoms with van der Waals surface area (Å²) in [6, 6.07) is 11.2. The Morgan fingerprint density at radius 2 is 2.04 bits per heavy atom. The van der Waals surface area contributed by atoms with Crippen LogP contribution in [0.2, 0.25) is 0 Å². The van der Waals surface area contributed by atoms with Crippen molar-refractivity contribution in [3.8, 4) is 0 Å². The molecule has 0 bridgehead atoms. The van der Waals surface area contributed by atoms with Crippen molar-refractivity contribution in [3.63, 3.8) is 0 Å². The fourth-order valence-corrected chi connectivity index (χ4v) is 2.69. The van der Waals surface area contributed by atoms with Crippen molar-refractivity contribution >= 4 is 39.1 Å². The second-order valence-corrected chi connectivity index (χ2v) is 6.42. The molecule has 1 amide bonds. The number of hydrogen-bond acceptors (Lipinski definition) is 5. The summed E-state index contributed by atoms with van der Waals surface area (Å²) in [6.07, 6.45) is 1.62. The highest BCUT2D eigenvalue weighted by molar-refractivity contribution is 9.10. The molecule has 0 saturated heterocycles. The summed E-state index contributed by atoms with van der Waals surface area (Å²) >= 11 is 3.30. The average Bonchev–Trinajstić information content (AvgIpc) is 2.60. The number of nitrogens with zero attached hydrogens (tertiary/aromatic N) is 2. The molecule has 132 valence electrons. The monoisotopic (exact) mass is 415 g/mol. The third kappa shape index (κ3) is 4.15. The third-order valence-electron chi connectivity index (χ3n) is 3.45. The number of hydrogen-bond donors (Lipinski definition) is 1. The summed E-state index contributed by atoms with van der Waals surface area (Å²) in [7, 11) is 0. The van der Waals surface area contributed by atoms with Crippen LogP contribution in [0.1, 0.15) is 23.0 Å². The molecule has 26 heavy (non-hydrogen) atoms. The number of rotatable bonds is 4. The lowest BCUT2D eigenvalue weighted by Gasteiger charge is -2.08. The van der Waals surface area contributed by atoms with E-state index in [2.05, 4.69) is 26.2 Å². The standard InChI is InChI=1S/C18H14BrN3O4/c1-11(23)20-14-4-2-3-12(7-14)18(25)26-10-15-8-17(24)22-9-13(19)5-6-16(22)21-15/h2-9H,10H2,1H3,(H,20,23). The van der Waals surface area contributed by atoms with Gasteiger partial charge >= 0.3 is 5.97 Å². The van der Waals surface area contributed by atoms with Crippen LogP contribution in [0, 0.1) is 0 Å². The van der Waals surface area contributed by atoms with E-state index in [1.54, 1.807) is 36.5 Å². The van der Waals surface area contributed by atoms with Crippen LogP contribution in [0.4, 0.5) is 5.69 Å². The largest absolute Gasteiger partial charge is 0.456 e. The number of nitrogens with one attached hydrogen (secondary N) is 1. The van der Waals surface area contributed by atoms with Crippen molar-refractivity contribution in [2.24, 2.45) is 0 Å². The second kappa shape index (κ2) is 7.49. The van der Waals surface area contributed by atoms with Gasteiger partial charge in [-0.3, -0.25) is 14.0 Å². The van der Waals surface area contributed by atoms with Gasteiger partial charge in [0.25, 0.3) is 5.56 Å². The number of amides is 1. The van der Waals surface area contributed by atoms with E-state index in [-0.39, 0.29) is 23.6 Å². The number of pyridine rings is 1. The number of anilines is 1. The van der Waals surface area contributed by atoms with Crippen LogP contribution in [0.25, 0.3) is 5.65 Å². The van der Waals surface area contributed by atoms with Crippen molar-refractivity contribution in [2.75, 3.05) is 5.32 Å². The maximum atomic E-state index is 12.2. The summed E-state index contributed by atoms with van der Waals surface area (Å²) in [5.74, 6) is -0.807. The number of aromatic nitrogens is 2. The Balaban J connectivity index is 1.75. The Labute approximate surface area is 156 Å². The Morgan fingerprint density at radius 1 is 1.23 bits per heavy atom. The summed E-state index contributed by atoms with van der Waals surface area (Å²) < 4.78 is 7.38. The number of fused-ring (bicyclic) bond motifs is 1. The molecule has 8 heteroatoms. The van der Waals surface area contributed by atoms with Crippen LogP contribution in [-0.4, -0.2) is 21.3 Å². The zero-order valence-electron chi connectivity index (χ0n) is 13.7. The molecule has 3 rings (SSSR count). The maximum Gasteiger partial charge on any atom is 0.338 e. The number of benzene rings is 1. The van der Waals surface area contributed by atoms with Crippen molar-refractivity contribution < 1.29 is 14.3 Å². The minimum atomic E-state index is -0.574. The molecule has 2 aromatic heterocycles. The average molecular weight is 416 g/mol. The van der Waals surface area contributed by atoms with Crippen molar-refractivity contribution in [2.45, 2.75) is 13.5 Å². The molecule has 0 radical (unpaired) electrons. The minimum Gasteiger partial charge on any atom is -0.456 e. The quantitative estimate of drug-likeness (QED) is 0.661. The summed E-state index contributed by atoms with van der Waals surface area (Å²) in [5, 5.41) is 2.60. The summed E-state index contributed by atoms with van der Waals surface area (Å²) in [6.45, 7) is 1.25. The van der Waals surface area contributed by atoms with E-state index in [0.717, 1.165) is 4.47 Å². The zero-order chi connectivity index (χ0) is 18.7. The van der Waals surface area contributed by atoms with Crippen LogP contribution in [0.3, 0.4) is 0 Å². The fraction of sp³-hybridized carbons (Fsp3) is 0.111. The SMILES string of the molecule is CC(=O)Nc1cccc(C(=O)OCc2cc(=O)n3cc(Br)ccc3n2)c1. The second-order valence-electron chi connectivity index (χ2n) is 5.50. The Morgan fingerprint density at radius 3 is 2.81 bits per heavy atom. The van der Waals surface area contributed by atoms with Gasteiger partial charge in [0, 0.05) is 29.3 Å². The van der Waals surface area contributed by atoms with Crippen LogP contribution in [0.15, 0.2) is 57.9 Å². The van der Waals surface area contributed by atoms with Gasteiger partial charge in [-0.15, -0.1) is 0 Å². The topological polar surface area (TPSA) is 89.8 Å². The Bertz CT molecular complexity index is 1060. The highest BCUT2D eigenvalue weighted by Gasteiger charge is 2.10. The molecule has 0 fully saturated rings. The minimum absolute atomic E-state index is 0.134. The van der Waals surface area contributed by atoms with Crippen LogP contribution >= 0.6 is 15.9 Å². The van der Waals surface area contributed by atoms with Crippen LogP contribution in [-0.2, 0) is 16.1 Å². The molecule has 0 aliphatic carbocycles. The van der Waals surface area contributed by atoms with Gasteiger partial charge in [-0.1, -0.05) is 6.07 Å². The van der Waals surface area contributed by atoms with Gasteiger partial charge < -0.3 is 10.1 Å². The molecule has 7 nitrogen and oxygen atoms in total. The maximum absolute atomic E-state index is 12.2. The van der Waals surface area contributed by atoms with E-state index in [1.807, 2.05) is 0 Å². The van der Waals surface area contributed by atoms with Crippen molar-refractivity contribution in [3.05, 3.63) is 74.7 Å². The smallest absolute Gasteiger partial charge is 0.338 e. The lowest BCUT2D eigenvalue weighted by atomic mass is 10.2. The first kappa shape index (κ1) is 17.8. The lowest BCUT2D eigenvalue weighted by Crippen LogP contribution is -2.16. The molecule has 0 unspecified atom stereocenters. The van der Waals surface area contributed by atoms with E-state index in [4.69, 9.17) is 4.74 Å². The predicted octanol–water partition coefficient (Wildman–Crippen LogP) is 2.77. The van der Waals surface area contributed by atoms with Gasteiger partial charge in [-0.05, 0) is 46.3 Å². The molecule has 0 spiro atoms. The molecule has 0 saturated carbocycles. The van der Waals surface area contributed by atoms with E-state index >= 15 is 0 Å². The Kier molecular flexibility index (Phi) is 5.13. The first-order valence-corrected chi connectivity index (χ1v) is 8.44. The number of esters is 1. The van der Waals surface area contributed by atoms with E-state index < -0.39 is 5.97 Å². The normalized spacial score (nSPS) is 10.5. The van der Waals surface area contributed by atoms with E-state index in [1.165, 1.54) is 23.5 Å². The number of ether oxygens (including phenoxy) is 1. The third-order valence-corrected chi connectivity index (χ3v) is 3.92. The predicted molar refractivity (Wildman–Crippen MR) is 99.0 cm³/mol. The molecule has 2 heterocycles. The zero-order valence-corrected chi connectivity index (χ0v) is 15.3. The molecule has 1 aromatic carbocycles. The van der Waals surface area contributed by atoms with Gasteiger partial charge in [0.1, 0.15) is 12.3 Å². The molecule has 3 aromatic rings. The van der Waals surface area contributed by atoms with Crippen molar-refractivity contribution in [1.82, 2.24) is 9.38 Å². The first-order valence-electron chi connectivity index (χ1n) is 7.65. The van der Waals surface area contributed by atoms with E-state index in [0.29, 0.717) is 17.0 Å². The van der Waals surface area contributed by atoms with Crippen LogP contribution < -0.4 is 10.9 Å².